The van der Waals surface area contributed by atoms with Crippen molar-refractivity contribution in [3.8, 4) is 6.07 Å². The maximum atomic E-state index is 12.8. The van der Waals surface area contributed by atoms with Gasteiger partial charge in [-0.25, -0.2) is 13.1 Å². The number of aliphatic hydroxyl groups is 1. The number of aryl methyl sites for hydroxylation is 1. The molecule has 2 aromatic rings. The lowest BCUT2D eigenvalue weighted by atomic mass is 9.77. The van der Waals surface area contributed by atoms with Crippen molar-refractivity contribution in [3.05, 3.63) is 29.3 Å². The highest BCUT2D eigenvalue weighted by molar-refractivity contribution is 7.91. The second-order valence-corrected chi connectivity index (χ2v) is 9.32. The molecule has 1 fully saturated rings. The summed E-state index contributed by atoms with van der Waals surface area (Å²) in [5.74, 6) is 0.194. The molecular weight excluding hydrogens is 344 g/mol. The van der Waals surface area contributed by atoms with E-state index in [1.165, 1.54) is 11.3 Å². The SMILES string of the molecule is CC[C@H](NS(=O)(=O)c1sc2ccc(C#N)cc2c1C)C1CC(O)C1. The molecule has 1 aromatic carbocycles. The van der Waals surface area contributed by atoms with Gasteiger partial charge in [-0.15, -0.1) is 11.3 Å². The van der Waals surface area contributed by atoms with Crippen molar-refractivity contribution in [1.82, 2.24) is 4.72 Å². The second-order valence-electron chi connectivity index (χ2n) is 6.36. The number of nitriles is 1. The Hall–Kier alpha value is -1.46. The Labute approximate surface area is 146 Å². The minimum atomic E-state index is -3.62. The smallest absolute Gasteiger partial charge is 0.250 e. The van der Waals surface area contributed by atoms with Crippen LogP contribution in [0.25, 0.3) is 10.1 Å². The highest BCUT2D eigenvalue weighted by atomic mass is 32.2. The number of hydrogen-bond donors (Lipinski definition) is 2. The standard InChI is InChI=1S/C17H20N2O3S2/c1-3-15(12-7-13(20)8-12)19-24(21,22)17-10(2)14-6-11(9-18)4-5-16(14)23-17/h4-6,12-13,15,19-20H,3,7-8H2,1-2H3/t12?,13?,15-/m0/s1. The summed E-state index contributed by atoms with van der Waals surface area (Å²) < 4.78 is 29.7. The maximum absolute atomic E-state index is 12.8. The lowest BCUT2D eigenvalue weighted by Gasteiger charge is -2.37. The monoisotopic (exact) mass is 364 g/mol. The fourth-order valence-electron chi connectivity index (χ4n) is 3.25. The van der Waals surface area contributed by atoms with Crippen molar-refractivity contribution in [1.29, 1.82) is 5.26 Å². The van der Waals surface area contributed by atoms with E-state index >= 15 is 0 Å². The summed E-state index contributed by atoms with van der Waals surface area (Å²) in [7, 11) is -3.62. The van der Waals surface area contributed by atoms with Gasteiger partial charge in [0.25, 0.3) is 10.0 Å². The molecule has 1 heterocycles. The molecule has 3 rings (SSSR count). The van der Waals surface area contributed by atoms with Crippen LogP contribution in [-0.2, 0) is 10.0 Å². The lowest BCUT2D eigenvalue weighted by molar-refractivity contribution is 0.0277. The Kier molecular flexibility index (Phi) is 4.67. The fraction of sp³-hybridized carbons (Fsp3) is 0.471. The molecule has 2 N–H and O–H groups in total. The Morgan fingerprint density at radius 2 is 2.17 bits per heavy atom. The summed E-state index contributed by atoms with van der Waals surface area (Å²) in [5, 5.41) is 19.3. The van der Waals surface area contributed by atoms with Crippen LogP contribution in [0.1, 0.15) is 37.3 Å². The molecule has 128 valence electrons. The summed E-state index contributed by atoms with van der Waals surface area (Å²) in [6.45, 7) is 3.73. The van der Waals surface area contributed by atoms with Gasteiger partial charge in [-0.3, -0.25) is 0 Å². The molecule has 0 spiro atoms. The van der Waals surface area contributed by atoms with Crippen molar-refractivity contribution in [2.45, 2.75) is 49.5 Å². The van der Waals surface area contributed by atoms with E-state index in [1.54, 1.807) is 25.1 Å². The first-order valence-corrected chi connectivity index (χ1v) is 10.3. The largest absolute Gasteiger partial charge is 0.393 e. The van der Waals surface area contributed by atoms with Gasteiger partial charge in [-0.05, 0) is 61.3 Å². The van der Waals surface area contributed by atoms with Gasteiger partial charge in [0, 0.05) is 10.7 Å². The molecule has 0 bridgehead atoms. The zero-order valence-electron chi connectivity index (χ0n) is 13.6. The third kappa shape index (κ3) is 3.07. The summed E-state index contributed by atoms with van der Waals surface area (Å²) in [4.78, 5) is 0. The summed E-state index contributed by atoms with van der Waals surface area (Å²) in [6, 6.07) is 7.16. The van der Waals surface area contributed by atoms with Crippen molar-refractivity contribution in [2.75, 3.05) is 0 Å². The number of aliphatic hydroxyl groups excluding tert-OH is 1. The van der Waals surface area contributed by atoms with Crippen molar-refractivity contribution < 1.29 is 13.5 Å². The quantitative estimate of drug-likeness (QED) is 0.853. The third-order valence-electron chi connectivity index (χ3n) is 4.73. The predicted octanol–water partition coefficient (Wildman–Crippen LogP) is 2.91. The molecular formula is C17H20N2O3S2. The van der Waals surface area contributed by atoms with E-state index in [0.29, 0.717) is 34.6 Å². The minimum absolute atomic E-state index is 0.155. The fourth-order valence-corrected chi connectivity index (χ4v) is 6.40. The van der Waals surface area contributed by atoms with Crippen LogP contribution in [0.15, 0.2) is 22.4 Å². The van der Waals surface area contributed by atoms with Crippen molar-refractivity contribution in [3.63, 3.8) is 0 Å². The summed E-state index contributed by atoms with van der Waals surface area (Å²) in [6.07, 6.45) is 1.69. The van der Waals surface area contributed by atoms with Gasteiger partial charge < -0.3 is 5.11 Å². The first kappa shape index (κ1) is 17.4. The molecule has 0 amide bonds. The topological polar surface area (TPSA) is 90.2 Å². The number of rotatable bonds is 5. The number of nitrogens with one attached hydrogen (secondary N) is 1. The van der Waals surface area contributed by atoms with Gasteiger partial charge in [-0.2, -0.15) is 5.26 Å². The van der Waals surface area contributed by atoms with Gasteiger partial charge in [0.15, 0.2) is 0 Å². The van der Waals surface area contributed by atoms with E-state index in [0.717, 1.165) is 10.1 Å². The van der Waals surface area contributed by atoms with Gasteiger partial charge >= 0.3 is 0 Å². The molecule has 0 unspecified atom stereocenters. The molecule has 0 aliphatic heterocycles. The molecule has 5 nitrogen and oxygen atoms in total. The zero-order chi connectivity index (χ0) is 17.5. The zero-order valence-corrected chi connectivity index (χ0v) is 15.2. The molecule has 7 heteroatoms. The number of sulfonamides is 1. The van der Waals surface area contributed by atoms with Crippen LogP contribution in [0.2, 0.25) is 0 Å². The molecule has 1 aliphatic carbocycles. The van der Waals surface area contributed by atoms with Crippen LogP contribution in [0.4, 0.5) is 0 Å². The number of benzene rings is 1. The van der Waals surface area contributed by atoms with Gasteiger partial charge in [0.2, 0.25) is 0 Å². The van der Waals surface area contributed by atoms with Gasteiger partial charge in [-0.1, -0.05) is 6.92 Å². The Bertz CT molecular complexity index is 906. The first-order chi connectivity index (χ1) is 11.4. The number of nitrogens with zero attached hydrogens (tertiary/aromatic N) is 1. The van der Waals surface area contributed by atoms with Crippen LogP contribution in [0.5, 0.6) is 0 Å². The second kappa shape index (κ2) is 6.45. The Balaban J connectivity index is 1.93. The minimum Gasteiger partial charge on any atom is -0.393 e. The van der Waals surface area contributed by atoms with Crippen molar-refractivity contribution >= 4 is 31.4 Å². The molecule has 1 aliphatic rings. The molecule has 1 atom stereocenters. The van der Waals surface area contributed by atoms with Gasteiger partial charge in [0.05, 0.1) is 17.7 Å². The first-order valence-electron chi connectivity index (χ1n) is 7.99. The Morgan fingerprint density at radius 3 is 2.75 bits per heavy atom. The number of hydrogen-bond acceptors (Lipinski definition) is 5. The predicted molar refractivity (Wildman–Crippen MR) is 94.4 cm³/mol. The summed E-state index contributed by atoms with van der Waals surface area (Å²) in [5.41, 5.74) is 1.21. The van der Waals surface area contributed by atoms with Gasteiger partial charge in [0.1, 0.15) is 4.21 Å². The van der Waals surface area contributed by atoms with Crippen LogP contribution in [0, 0.1) is 24.2 Å². The Morgan fingerprint density at radius 1 is 1.46 bits per heavy atom. The van der Waals surface area contributed by atoms with E-state index in [4.69, 9.17) is 5.26 Å². The number of thiophene rings is 1. The van der Waals surface area contributed by atoms with Crippen LogP contribution in [-0.4, -0.2) is 25.7 Å². The van der Waals surface area contributed by atoms with E-state index < -0.39 is 10.0 Å². The van der Waals surface area contributed by atoms with Crippen LogP contribution in [0.3, 0.4) is 0 Å². The van der Waals surface area contributed by atoms with E-state index in [2.05, 4.69) is 10.8 Å². The average molecular weight is 364 g/mol. The van der Waals surface area contributed by atoms with Crippen LogP contribution < -0.4 is 4.72 Å². The molecule has 24 heavy (non-hydrogen) atoms. The molecule has 0 saturated heterocycles. The maximum Gasteiger partial charge on any atom is 0.250 e. The van der Waals surface area contributed by atoms with E-state index in [-0.39, 0.29) is 18.1 Å². The summed E-state index contributed by atoms with van der Waals surface area (Å²) >= 11 is 1.23. The highest BCUT2D eigenvalue weighted by Crippen LogP contribution is 2.36. The average Bonchev–Trinajstić information content (AvgIpc) is 2.87. The molecule has 1 aromatic heterocycles. The molecule has 0 radical (unpaired) electrons. The third-order valence-corrected chi connectivity index (χ3v) is 8.11. The van der Waals surface area contributed by atoms with Crippen LogP contribution >= 0.6 is 11.3 Å². The molecule has 1 saturated carbocycles. The lowest BCUT2D eigenvalue weighted by Crippen LogP contribution is -2.46. The number of fused-ring (bicyclic) bond motifs is 1. The van der Waals surface area contributed by atoms with Crippen molar-refractivity contribution in [2.24, 2.45) is 5.92 Å². The highest BCUT2D eigenvalue weighted by Gasteiger charge is 2.36. The van der Waals surface area contributed by atoms with E-state index in [9.17, 15) is 13.5 Å². The normalized spacial score (nSPS) is 22.1. The van der Waals surface area contributed by atoms with E-state index in [1.807, 2.05) is 6.92 Å².